The van der Waals surface area contributed by atoms with Gasteiger partial charge in [0.25, 0.3) is 0 Å². The highest BCUT2D eigenvalue weighted by molar-refractivity contribution is 7.10. The molecule has 5 heteroatoms. The van der Waals surface area contributed by atoms with Crippen molar-refractivity contribution in [2.75, 3.05) is 13.1 Å². The molecule has 1 rings (SSSR count). The van der Waals surface area contributed by atoms with E-state index in [1.54, 1.807) is 0 Å². The van der Waals surface area contributed by atoms with Gasteiger partial charge in [0.1, 0.15) is 13.1 Å². The summed E-state index contributed by atoms with van der Waals surface area (Å²) in [4.78, 5) is 13.8. The van der Waals surface area contributed by atoms with Crippen molar-refractivity contribution in [3.63, 3.8) is 0 Å². The van der Waals surface area contributed by atoms with Crippen LogP contribution in [0.4, 0.5) is 0 Å². The van der Waals surface area contributed by atoms with Crippen LogP contribution in [-0.2, 0) is 11.2 Å². The summed E-state index contributed by atoms with van der Waals surface area (Å²) < 4.78 is 0. The van der Waals surface area contributed by atoms with Gasteiger partial charge in [0.2, 0.25) is 5.91 Å². The average molecular weight is 219 g/mol. The fourth-order valence-electron chi connectivity index (χ4n) is 1.08. The van der Waals surface area contributed by atoms with Gasteiger partial charge in [-0.2, -0.15) is 10.5 Å². The zero-order valence-electron chi connectivity index (χ0n) is 8.01. The molecule has 1 aromatic rings. The van der Waals surface area contributed by atoms with Crippen LogP contribution < -0.4 is 0 Å². The zero-order chi connectivity index (χ0) is 11.1. The van der Waals surface area contributed by atoms with Crippen LogP contribution in [0, 0.1) is 22.7 Å². The summed E-state index contributed by atoms with van der Waals surface area (Å²) in [6.45, 7) is -0.0600. The molecule has 0 aliphatic rings. The van der Waals surface area contributed by atoms with E-state index in [1.807, 2.05) is 29.7 Å². The second-order valence-corrected chi connectivity index (χ2v) is 3.85. The second-order valence-electron chi connectivity index (χ2n) is 2.82. The third-order valence-electron chi connectivity index (χ3n) is 1.78. The smallest absolute Gasteiger partial charge is 0.229 e. The highest BCUT2D eigenvalue weighted by atomic mass is 32.1. The van der Waals surface area contributed by atoms with Crippen molar-refractivity contribution in [3.05, 3.63) is 22.4 Å². The Hall–Kier alpha value is -1.85. The Balaban J connectivity index is 2.58. The normalized spacial score (nSPS) is 8.93. The van der Waals surface area contributed by atoms with Crippen LogP contribution in [0.3, 0.4) is 0 Å². The molecule has 0 saturated heterocycles. The number of nitriles is 2. The maximum Gasteiger partial charge on any atom is 0.229 e. The minimum Gasteiger partial charge on any atom is -0.316 e. The van der Waals surface area contributed by atoms with Crippen LogP contribution in [0.5, 0.6) is 0 Å². The second kappa shape index (κ2) is 5.79. The number of hydrogen-bond donors (Lipinski definition) is 0. The van der Waals surface area contributed by atoms with Crippen LogP contribution in [0.2, 0.25) is 0 Å². The van der Waals surface area contributed by atoms with Crippen LogP contribution in [0.15, 0.2) is 17.5 Å². The Bertz CT molecular complexity index is 383. The molecule has 0 fully saturated rings. The largest absolute Gasteiger partial charge is 0.316 e. The predicted octanol–water partition coefficient (Wildman–Crippen LogP) is 1.17. The van der Waals surface area contributed by atoms with E-state index in [-0.39, 0.29) is 25.4 Å². The molecular formula is C10H9N3OS. The molecule has 0 aromatic carbocycles. The molecule has 1 amide bonds. The van der Waals surface area contributed by atoms with E-state index in [1.165, 1.54) is 16.2 Å². The minimum absolute atomic E-state index is 0.0300. The van der Waals surface area contributed by atoms with E-state index in [0.29, 0.717) is 0 Å². The van der Waals surface area contributed by atoms with E-state index in [9.17, 15) is 4.79 Å². The number of carbonyl (C=O) groups is 1. The Morgan fingerprint density at radius 3 is 2.53 bits per heavy atom. The van der Waals surface area contributed by atoms with Crippen molar-refractivity contribution in [1.82, 2.24) is 4.90 Å². The SMILES string of the molecule is N#CCN(CC#N)C(=O)Cc1cccs1. The van der Waals surface area contributed by atoms with Crippen LogP contribution >= 0.6 is 11.3 Å². The quantitative estimate of drug-likeness (QED) is 0.714. The summed E-state index contributed by atoms with van der Waals surface area (Å²) >= 11 is 1.49. The third-order valence-corrected chi connectivity index (χ3v) is 2.66. The molecule has 76 valence electrons. The number of nitrogens with zero attached hydrogens (tertiary/aromatic N) is 3. The monoisotopic (exact) mass is 219 g/mol. The van der Waals surface area contributed by atoms with Gasteiger partial charge < -0.3 is 4.90 Å². The van der Waals surface area contributed by atoms with Gasteiger partial charge in [-0.05, 0) is 11.4 Å². The van der Waals surface area contributed by atoms with Gasteiger partial charge in [-0.3, -0.25) is 4.79 Å². The number of carbonyl (C=O) groups excluding carboxylic acids is 1. The van der Waals surface area contributed by atoms with Gasteiger partial charge in [-0.25, -0.2) is 0 Å². The van der Waals surface area contributed by atoms with Gasteiger partial charge >= 0.3 is 0 Å². The van der Waals surface area contributed by atoms with E-state index in [2.05, 4.69) is 0 Å². The standard InChI is InChI=1S/C10H9N3OS/c11-3-5-13(6-4-12)10(14)8-9-2-1-7-15-9/h1-2,7H,5-6,8H2. The first-order valence-corrected chi connectivity index (χ1v) is 5.20. The molecule has 1 heterocycles. The maximum atomic E-state index is 11.6. The van der Waals surface area contributed by atoms with Gasteiger partial charge in [0.05, 0.1) is 18.6 Å². The molecule has 0 saturated carbocycles. The molecule has 0 N–H and O–H groups in total. The Kier molecular flexibility index (Phi) is 4.33. The van der Waals surface area contributed by atoms with Gasteiger partial charge in [0.15, 0.2) is 0 Å². The van der Waals surface area contributed by atoms with Crippen molar-refractivity contribution in [1.29, 1.82) is 10.5 Å². The highest BCUT2D eigenvalue weighted by Gasteiger charge is 2.13. The summed E-state index contributed by atoms with van der Waals surface area (Å²) in [5, 5.41) is 18.9. The highest BCUT2D eigenvalue weighted by Crippen LogP contribution is 2.10. The van der Waals surface area contributed by atoms with E-state index >= 15 is 0 Å². The van der Waals surface area contributed by atoms with Crippen molar-refractivity contribution in [2.24, 2.45) is 0 Å². The molecule has 0 aliphatic heterocycles. The first-order valence-electron chi connectivity index (χ1n) is 4.32. The van der Waals surface area contributed by atoms with Gasteiger partial charge in [-0.15, -0.1) is 11.3 Å². The van der Waals surface area contributed by atoms with Crippen LogP contribution in [0.1, 0.15) is 4.88 Å². The molecule has 0 aliphatic carbocycles. The summed E-state index contributed by atoms with van der Waals surface area (Å²) in [6.07, 6.45) is 0.265. The molecule has 0 unspecified atom stereocenters. The lowest BCUT2D eigenvalue weighted by Crippen LogP contribution is -2.32. The van der Waals surface area contributed by atoms with Crippen LogP contribution in [-0.4, -0.2) is 23.9 Å². The van der Waals surface area contributed by atoms with Crippen molar-refractivity contribution >= 4 is 17.2 Å². The summed E-state index contributed by atoms with van der Waals surface area (Å²) in [7, 11) is 0. The van der Waals surface area contributed by atoms with Crippen molar-refractivity contribution in [2.45, 2.75) is 6.42 Å². The van der Waals surface area contributed by atoms with Gasteiger partial charge in [-0.1, -0.05) is 6.07 Å². The Morgan fingerprint density at radius 1 is 1.40 bits per heavy atom. The van der Waals surface area contributed by atoms with Crippen LogP contribution in [0.25, 0.3) is 0 Å². The first kappa shape index (κ1) is 11.2. The molecule has 4 nitrogen and oxygen atoms in total. The topological polar surface area (TPSA) is 67.9 Å². The number of rotatable bonds is 4. The van der Waals surface area contributed by atoms with Gasteiger partial charge in [0, 0.05) is 4.88 Å². The molecule has 0 radical (unpaired) electrons. The summed E-state index contributed by atoms with van der Waals surface area (Å²) in [5.74, 6) is -0.180. The molecule has 15 heavy (non-hydrogen) atoms. The number of thiophene rings is 1. The minimum atomic E-state index is -0.180. The summed E-state index contributed by atoms with van der Waals surface area (Å²) in [6, 6.07) is 7.47. The van der Waals surface area contributed by atoms with E-state index in [0.717, 1.165) is 4.88 Å². The Labute approximate surface area is 92.0 Å². The molecular weight excluding hydrogens is 210 g/mol. The lowest BCUT2D eigenvalue weighted by molar-refractivity contribution is -0.129. The zero-order valence-corrected chi connectivity index (χ0v) is 8.83. The predicted molar refractivity (Wildman–Crippen MR) is 55.8 cm³/mol. The van der Waals surface area contributed by atoms with E-state index in [4.69, 9.17) is 10.5 Å². The Morgan fingerprint density at radius 2 is 2.07 bits per heavy atom. The lowest BCUT2D eigenvalue weighted by atomic mass is 10.3. The maximum absolute atomic E-state index is 11.6. The number of amides is 1. The molecule has 0 atom stereocenters. The molecule has 1 aromatic heterocycles. The van der Waals surface area contributed by atoms with E-state index < -0.39 is 0 Å². The summed E-state index contributed by atoms with van der Waals surface area (Å²) in [5.41, 5.74) is 0. The first-order chi connectivity index (χ1) is 7.27. The number of hydrogen-bond acceptors (Lipinski definition) is 4. The van der Waals surface area contributed by atoms with Crippen molar-refractivity contribution < 1.29 is 4.79 Å². The fraction of sp³-hybridized carbons (Fsp3) is 0.300. The van der Waals surface area contributed by atoms with Crippen molar-refractivity contribution in [3.8, 4) is 12.1 Å². The lowest BCUT2D eigenvalue weighted by Gasteiger charge is -2.14. The molecule has 0 bridgehead atoms. The average Bonchev–Trinajstić information content (AvgIpc) is 2.70. The third kappa shape index (κ3) is 3.41. The molecule has 0 spiro atoms. The fourth-order valence-corrected chi connectivity index (χ4v) is 1.77.